The number of carbonyl (C=O) groups excluding carboxylic acids is 2. The Labute approximate surface area is 163 Å². The van der Waals surface area contributed by atoms with E-state index in [0.717, 1.165) is 14.0 Å². The lowest BCUT2D eigenvalue weighted by atomic mass is 10.2. The summed E-state index contributed by atoms with van der Waals surface area (Å²) in [6, 6.07) is 7.23. The molecule has 2 N–H and O–H groups in total. The Morgan fingerprint density at radius 1 is 1.19 bits per heavy atom. The number of hydrogen-bond acceptors (Lipinski definition) is 7. The third-order valence-corrected chi connectivity index (χ3v) is 5.27. The van der Waals surface area contributed by atoms with Crippen molar-refractivity contribution in [3.05, 3.63) is 55.7 Å². The summed E-state index contributed by atoms with van der Waals surface area (Å²) in [7, 11) is 2.57. The predicted molar refractivity (Wildman–Crippen MR) is 103 cm³/mol. The normalized spacial score (nSPS) is 10.6. The summed E-state index contributed by atoms with van der Waals surface area (Å²) in [6.07, 6.45) is 0.0595. The third kappa shape index (κ3) is 4.81. The Balaban J connectivity index is 1.94. The van der Waals surface area contributed by atoms with Crippen molar-refractivity contribution >= 4 is 40.9 Å². The number of carbonyl (C=O) groups is 2. The van der Waals surface area contributed by atoms with Crippen molar-refractivity contribution < 1.29 is 14.3 Å². The van der Waals surface area contributed by atoms with Crippen LogP contribution < -0.4 is 17.0 Å². The van der Waals surface area contributed by atoms with Gasteiger partial charge >= 0.3 is 11.7 Å². The number of hydrogen-bond donors (Lipinski definition) is 1. The van der Waals surface area contributed by atoms with Gasteiger partial charge in [-0.1, -0.05) is 23.7 Å². The Kier molecular flexibility index (Phi) is 6.86. The first kappa shape index (κ1) is 20.8. The zero-order valence-electron chi connectivity index (χ0n) is 14.7. The molecular formula is C17H18ClN3O5S. The maximum Gasteiger partial charge on any atom is 0.332 e. The van der Waals surface area contributed by atoms with Crippen LogP contribution in [0.5, 0.6) is 0 Å². The van der Waals surface area contributed by atoms with Gasteiger partial charge in [0.2, 0.25) is 5.78 Å². The van der Waals surface area contributed by atoms with Gasteiger partial charge in [0, 0.05) is 24.7 Å². The van der Waals surface area contributed by atoms with E-state index < -0.39 is 29.6 Å². The zero-order chi connectivity index (χ0) is 20.1. The number of Topliss-reactive ketones (excluding diaryl/α,β-unsaturated/α-hetero) is 1. The van der Waals surface area contributed by atoms with Crippen molar-refractivity contribution in [2.75, 3.05) is 18.1 Å². The number of nitrogens with zero attached hydrogens (tertiary/aromatic N) is 2. The van der Waals surface area contributed by atoms with Gasteiger partial charge in [-0.2, -0.15) is 0 Å². The maximum atomic E-state index is 12.2. The number of ether oxygens (including phenoxy) is 1. The highest BCUT2D eigenvalue weighted by Crippen LogP contribution is 2.26. The number of aromatic nitrogens is 2. The van der Waals surface area contributed by atoms with E-state index in [-0.39, 0.29) is 17.8 Å². The Morgan fingerprint density at radius 3 is 2.52 bits per heavy atom. The number of nitrogens with two attached hydrogens (primary N) is 1. The number of nitrogen functional groups attached to an aromatic ring is 1. The van der Waals surface area contributed by atoms with Crippen molar-refractivity contribution in [2.24, 2.45) is 14.1 Å². The first-order valence-corrected chi connectivity index (χ1v) is 9.22. The first-order chi connectivity index (χ1) is 12.7. The molecule has 0 saturated carbocycles. The molecular weight excluding hydrogens is 394 g/mol. The first-order valence-electron chi connectivity index (χ1n) is 7.85. The molecule has 2 rings (SSSR count). The fourth-order valence-electron chi connectivity index (χ4n) is 2.22. The number of halogens is 1. The van der Waals surface area contributed by atoms with Crippen LogP contribution in [0.2, 0.25) is 5.02 Å². The van der Waals surface area contributed by atoms with E-state index >= 15 is 0 Å². The summed E-state index contributed by atoms with van der Waals surface area (Å²) in [5.41, 5.74) is 3.84. The number of ketones is 1. The van der Waals surface area contributed by atoms with Gasteiger partial charge in [0.05, 0.1) is 11.4 Å². The molecule has 0 amide bonds. The molecule has 1 aromatic carbocycles. The van der Waals surface area contributed by atoms with Crippen molar-refractivity contribution in [2.45, 2.75) is 11.3 Å². The monoisotopic (exact) mass is 411 g/mol. The van der Waals surface area contributed by atoms with E-state index in [1.807, 2.05) is 18.2 Å². The van der Waals surface area contributed by atoms with Gasteiger partial charge in [0.15, 0.2) is 6.61 Å². The average Bonchev–Trinajstić information content (AvgIpc) is 2.65. The van der Waals surface area contributed by atoms with Crippen molar-refractivity contribution in [3.63, 3.8) is 0 Å². The summed E-state index contributed by atoms with van der Waals surface area (Å²) in [5, 5.41) is 0.590. The minimum absolute atomic E-state index is 0.0595. The van der Waals surface area contributed by atoms with Crippen molar-refractivity contribution in [1.29, 1.82) is 0 Å². The molecule has 0 unspecified atom stereocenters. The quantitative estimate of drug-likeness (QED) is 0.414. The lowest BCUT2D eigenvalue weighted by Gasteiger charge is -2.11. The van der Waals surface area contributed by atoms with Gasteiger partial charge in [0.25, 0.3) is 5.56 Å². The molecule has 27 heavy (non-hydrogen) atoms. The highest BCUT2D eigenvalue weighted by Gasteiger charge is 2.21. The van der Waals surface area contributed by atoms with Crippen LogP contribution >= 0.6 is 23.4 Å². The minimum atomic E-state index is -0.828. The second-order valence-corrected chi connectivity index (χ2v) is 7.12. The summed E-state index contributed by atoms with van der Waals surface area (Å²) in [6.45, 7) is -0.632. The molecule has 0 fully saturated rings. The van der Waals surface area contributed by atoms with Gasteiger partial charge < -0.3 is 10.5 Å². The molecule has 0 spiro atoms. The molecule has 0 aliphatic rings. The number of benzene rings is 1. The van der Waals surface area contributed by atoms with E-state index in [1.165, 1.54) is 25.9 Å². The van der Waals surface area contributed by atoms with Crippen LogP contribution in [0.4, 0.5) is 5.82 Å². The summed E-state index contributed by atoms with van der Waals surface area (Å²) < 4.78 is 6.67. The molecule has 0 bridgehead atoms. The third-order valence-electron chi connectivity index (χ3n) is 3.75. The summed E-state index contributed by atoms with van der Waals surface area (Å²) >= 11 is 7.41. The van der Waals surface area contributed by atoms with Crippen LogP contribution in [0.25, 0.3) is 0 Å². The Hall–Kier alpha value is -2.52. The van der Waals surface area contributed by atoms with E-state index in [2.05, 4.69) is 0 Å². The SMILES string of the molecule is Cn1c(N)c(C(=O)COC(=O)CCSc2ccccc2Cl)c(=O)n(C)c1=O. The van der Waals surface area contributed by atoms with Crippen LogP contribution in [0.15, 0.2) is 38.8 Å². The van der Waals surface area contributed by atoms with Gasteiger partial charge in [-0.05, 0) is 12.1 Å². The number of anilines is 1. The molecule has 0 atom stereocenters. The number of thioether (sulfide) groups is 1. The Bertz CT molecular complexity index is 999. The molecule has 144 valence electrons. The molecule has 0 saturated heterocycles. The molecule has 1 heterocycles. The lowest BCUT2D eigenvalue weighted by Crippen LogP contribution is -2.42. The second kappa shape index (κ2) is 8.92. The highest BCUT2D eigenvalue weighted by atomic mass is 35.5. The standard InChI is InChI=1S/C17H18ClN3O5S/c1-20-15(19)14(16(24)21(2)17(20)25)11(22)9-26-13(23)7-8-27-12-6-4-3-5-10(12)18/h3-6H,7-9,19H2,1-2H3. The van der Waals surface area contributed by atoms with Crippen LogP contribution in [-0.2, 0) is 23.6 Å². The van der Waals surface area contributed by atoms with Gasteiger partial charge in [-0.15, -0.1) is 11.8 Å². The lowest BCUT2D eigenvalue weighted by molar-refractivity contribution is -0.141. The van der Waals surface area contributed by atoms with Crippen molar-refractivity contribution in [3.8, 4) is 0 Å². The van der Waals surface area contributed by atoms with Crippen LogP contribution in [0, 0.1) is 0 Å². The number of esters is 1. The van der Waals surface area contributed by atoms with Gasteiger partial charge in [-0.3, -0.25) is 23.5 Å². The summed E-state index contributed by atoms with van der Waals surface area (Å²) in [4.78, 5) is 48.7. The molecule has 0 aliphatic heterocycles. The fourth-order valence-corrected chi connectivity index (χ4v) is 3.39. The average molecular weight is 412 g/mol. The van der Waals surface area contributed by atoms with E-state index in [4.69, 9.17) is 22.1 Å². The Morgan fingerprint density at radius 2 is 1.85 bits per heavy atom. The van der Waals surface area contributed by atoms with E-state index in [0.29, 0.717) is 10.8 Å². The highest BCUT2D eigenvalue weighted by molar-refractivity contribution is 7.99. The fraction of sp³-hybridized carbons (Fsp3) is 0.294. The number of rotatable bonds is 7. The summed E-state index contributed by atoms with van der Waals surface area (Å²) in [5.74, 6) is -1.21. The van der Waals surface area contributed by atoms with E-state index in [1.54, 1.807) is 6.07 Å². The van der Waals surface area contributed by atoms with Crippen LogP contribution in [0.1, 0.15) is 16.8 Å². The molecule has 1 aromatic heterocycles. The predicted octanol–water partition coefficient (Wildman–Crippen LogP) is 1.23. The largest absolute Gasteiger partial charge is 0.457 e. The topological polar surface area (TPSA) is 113 Å². The second-order valence-electron chi connectivity index (χ2n) is 5.58. The minimum Gasteiger partial charge on any atom is -0.457 e. The van der Waals surface area contributed by atoms with E-state index in [9.17, 15) is 19.2 Å². The van der Waals surface area contributed by atoms with Crippen molar-refractivity contribution in [1.82, 2.24) is 9.13 Å². The van der Waals surface area contributed by atoms with Crippen LogP contribution in [-0.4, -0.2) is 33.2 Å². The molecule has 0 radical (unpaired) electrons. The zero-order valence-corrected chi connectivity index (χ0v) is 16.3. The smallest absolute Gasteiger partial charge is 0.332 e. The van der Waals surface area contributed by atoms with Crippen LogP contribution in [0.3, 0.4) is 0 Å². The van der Waals surface area contributed by atoms with Gasteiger partial charge in [-0.25, -0.2) is 4.79 Å². The molecule has 10 heteroatoms. The molecule has 2 aromatic rings. The maximum absolute atomic E-state index is 12.2. The molecule has 8 nitrogen and oxygen atoms in total. The molecule has 0 aliphatic carbocycles. The van der Waals surface area contributed by atoms with Gasteiger partial charge in [0.1, 0.15) is 11.4 Å².